The lowest BCUT2D eigenvalue weighted by Gasteiger charge is -2.11. The van der Waals surface area contributed by atoms with Crippen molar-refractivity contribution in [3.63, 3.8) is 0 Å². The third-order valence-electron chi connectivity index (χ3n) is 3.37. The zero-order valence-electron chi connectivity index (χ0n) is 10.7. The van der Waals surface area contributed by atoms with E-state index in [0.717, 1.165) is 12.1 Å². The molecule has 2 N–H and O–H groups in total. The number of aryl methyl sites for hydroxylation is 3. The fourth-order valence-electron chi connectivity index (χ4n) is 2.10. The van der Waals surface area contributed by atoms with Gasteiger partial charge in [0.25, 0.3) is 0 Å². The first kappa shape index (κ1) is 11.7. The zero-order chi connectivity index (χ0) is 12.4. The van der Waals surface area contributed by atoms with Crippen molar-refractivity contribution in [2.45, 2.75) is 27.2 Å². The predicted molar refractivity (Wildman–Crippen MR) is 74.3 cm³/mol. The van der Waals surface area contributed by atoms with Crippen LogP contribution in [-0.2, 0) is 6.42 Å². The summed E-state index contributed by atoms with van der Waals surface area (Å²) >= 11 is 0. The number of hydrogen-bond donors (Lipinski definition) is 1. The topological polar surface area (TPSA) is 26.0 Å². The Balaban J connectivity index is 2.37. The van der Waals surface area contributed by atoms with E-state index in [9.17, 15) is 0 Å². The van der Waals surface area contributed by atoms with Crippen LogP contribution in [0.1, 0.15) is 27.8 Å². The Kier molecular flexibility index (Phi) is 3.19. The summed E-state index contributed by atoms with van der Waals surface area (Å²) in [5, 5.41) is 0. The first-order chi connectivity index (χ1) is 8.08. The monoisotopic (exact) mass is 225 g/mol. The van der Waals surface area contributed by atoms with Crippen LogP contribution < -0.4 is 5.73 Å². The largest absolute Gasteiger partial charge is 0.399 e. The highest BCUT2D eigenvalue weighted by molar-refractivity contribution is 5.52. The quantitative estimate of drug-likeness (QED) is 0.773. The van der Waals surface area contributed by atoms with Crippen LogP contribution in [0.3, 0.4) is 0 Å². The molecule has 2 rings (SSSR count). The fourth-order valence-corrected chi connectivity index (χ4v) is 2.10. The first-order valence-corrected chi connectivity index (χ1v) is 5.98. The number of benzene rings is 2. The summed E-state index contributed by atoms with van der Waals surface area (Å²) in [6.07, 6.45) is 0.986. The van der Waals surface area contributed by atoms with E-state index in [4.69, 9.17) is 5.73 Å². The van der Waals surface area contributed by atoms with Gasteiger partial charge in [0.05, 0.1) is 0 Å². The van der Waals surface area contributed by atoms with Crippen LogP contribution >= 0.6 is 0 Å². The van der Waals surface area contributed by atoms with Gasteiger partial charge >= 0.3 is 0 Å². The predicted octanol–water partition coefficient (Wildman–Crippen LogP) is 3.78. The van der Waals surface area contributed by atoms with Gasteiger partial charge in [0.2, 0.25) is 0 Å². The normalized spacial score (nSPS) is 10.5. The molecule has 2 aromatic rings. The Morgan fingerprint density at radius 1 is 0.824 bits per heavy atom. The number of anilines is 1. The minimum Gasteiger partial charge on any atom is -0.399 e. The SMILES string of the molecule is Cc1cc(Cc2ccccc2C)c(C)cc1N. The van der Waals surface area contributed by atoms with E-state index in [1.165, 1.54) is 27.8 Å². The summed E-state index contributed by atoms with van der Waals surface area (Å²) in [6.45, 7) is 6.36. The molecule has 0 spiro atoms. The van der Waals surface area contributed by atoms with Crippen LogP contribution in [0.25, 0.3) is 0 Å². The molecule has 0 atom stereocenters. The summed E-state index contributed by atoms with van der Waals surface area (Å²) in [6, 6.07) is 12.8. The standard InChI is InChI=1S/C16H19N/c1-11-6-4-5-7-14(11)10-15-8-13(3)16(17)9-12(15)2/h4-9H,10,17H2,1-3H3. The van der Waals surface area contributed by atoms with Crippen LogP contribution in [0.4, 0.5) is 5.69 Å². The molecule has 1 nitrogen and oxygen atoms in total. The minimum absolute atomic E-state index is 0.885. The Hall–Kier alpha value is -1.76. The molecule has 0 unspecified atom stereocenters. The summed E-state index contributed by atoms with van der Waals surface area (Å²) in [5.41, 5.74) is 13.3. The number of nitrogen functional groups attached to an aromatic ring is 1. The van der Waals surface area contributed by atoms with E-state index < -0.39 is 0 Å². The van der Waals surface area contributed by atoms with E-state index in [-0.39, 0.29) is 0 Å². The molecule has 0 saturated heterocycles. The number of rotatable bonds is 2. The van der Waals surface area contributed by atoms with Crippen molar-refractivity contribution in [1.29, 1.82) is 0 Å². The molecule has 0 fully saturated rings. The lowest BCUT2D eigenvalue weighted by atomic mass is 9.95. The molecule has 0 aliphatic carbocycles. The molecule has 0 amide bonds. The lowest BCUT2D eigenvalue weighted by molar-refractivity contribution is 1.12. The van der Waals surface area contributed by atoms with Crippen molar-refractivity contribution < 1.29 is 0 Å². The van der Waals surface area contributed by atoms with Gasteiger partial charge in [-0.3, -0.25) is 0 Å². The molecule has 0 aliphatic rings. The number of nitrogens with two attached hydrogens (primary N) is 1. The molecule has 2 aromatic carbocycles. The van der Waals surface area contributed by atoms with E-state index in [0.29, 0.717) is 0 Å². The van der Waals surface area contributed by atoms with E-state index >= 15 is 0 Å². The molecular formula is C16H19N. The summed E-state index contributed by atoms with van der Waals surface area (Å²) < 4.78 is 0. The molecule has 0 aromatic heterocycles. The van der Waals surface area contributed by atoms with Gasteiger partial charge in [-0.1, -0.05) is 30.3 Å². The van der Waals surface area contributed by atoms with Gasteiger partial charge in [-0.2, -0.15) is 0 Å². The fraction of sp³-hybridized carbons (Fsp3) is 0.250. The van der Waals surface area contributed by atoms with Crippen LogP contribution in [0.5, 0.6) is 0 Å². The van der Waals surface area contributed by atoms with Gasteiger partial charge in [0.1, 0.15) is 0 Å². The highest BCUT2D eigenvalue weighted by atomic mass is 14.6. The van der Waals surface area contributed by atoms with Gasteiger partial charge in [0, 0.05) is 5.69 Å². The maximum Gasteiger partial charge on any atom is 0.0346 e. The minimum atomic E-state index is 0.885. The van der Waals surface area contributed by atoms with E-state index in [2.05, 4.69) is 57.2 Å². The average molecular weight is 225 g/mol. The van der Waals surface area contributed by atoms with Gasteiger partial charge in [-0.05, 0) is 61.1 Å². The Morgan fingerprint density at radius 3 is 2.24 bits per heavy atom. The Morgan fingerprint density at radius 2 is 1.53 bits per heavy atom. The maximum absolute atomic E-state index is 5.91. The molecule has 0 heterocycles. The number of hydrogen-bond acceptors (Lipinski definition) is 1. The molecule has 0 radical (unpaired) electrons. The molecule has 1 heteroatoms. The van der Waals surface area contributed by atoms with E-state index in [1.54, 1.807) is 0 Å². The second-order valence-electron chi connectivity index (χ2n) is 4.74. The molecule has 0 bridgehead atoms. The molecule has 88 valence electrons. The highest BCUT2D eigenvalue weighted by Crippen LogP contribution is 2.21. The molecular weight excluding hydrogens is 206 g/mol. The highest BCUT2D eigenvalue weighted by Gasteiger charge is 2.05. The molecule has 17 heavy (non-hydrogen) atoms. The van der Waals surface area contributed by atoms with Crippen molar-refractivity contribution >= 4 is 5.69 Å². The summed E-state index contributed by atoms with van der Waals surface area (Å²) in [4.78, 5) is 0. The van der Waals surface area contributed by atoms with Gasteiger partial charge in [-0.25, -0.2) is 0 Å². The Bertz CT molecular complexity index is 541. The van der Waals surface area contributed by atoms with Gasteiger partial charge in [-0.15, -0.1) is 0 Å². The molecule has 0 aliphatic heterocycles. The van der Waals surface area contributed by atoms with Crippen LogP contribution in [0.15, 0.2) is 36.4 Å². The second-order valence-corrected chi connectivity index (χ2v) is 4.74. The summed E-state index contributed by atoms with van der Waals surface area (Å²) in [7, 11) is 0. The smallest absolute Gasteiger partial charge is 0.0346 e. The molecule has 0 saturated carbocycles. The van der Waals surface area contributed by atoms with Crippen molar-refractivity contribution in [2.75, 3.05) is 5.73 Å². The van der Waals surface area contributed by atoms with Crippen molar-refractivity contribution in [3.05, 3.63) is 64.2 Å². The van der Waals surface area contributed by atoms with Crippen LogP contribution in [0, 0.1) is 20.8 Å². The third-order valence-corrected chi connectivity index (χ3v) is 3.37. The van der Waals surface area contributed by atoms with Gasteiger partial charge < -0.3 is 5.73 Å². The van der Waals surface area contributed by atoms with E-state index in [1.807, 2.05) is 0 Å². The Labute approximate surface area is 103 Å². The van der Waals surface area contributed by atoms with Crippen molar-refractivity contribution in [2.24, 2.45) is 0 Å². The zero-order valence-corrected chi connectivity index (χ0v) is 10.7. The van der Waals surface area contributed by atoms with Gasteiger partial charge in [0.15, 0.2) is 0 Å². The average Bonchev–Trinajstić information content (AvgIpc) is 2.29. The lowest BCUT2D eigenvalue weighted by Crippen LogP contribution is -1.98. The second kappa shape index (κ2) is 4.62. The maximum atomic E-state index is 5.91. The third kappa shape index (κ3) is 2.50. The van der Waals surface area contributed by atoms with Crippen molar-refractivity contribution in [3.8, 4) is 0 Å². The van der Waals surface area contributed by atoms with Crippen molar-refractivity contribution in [1.82, 2.24) is 0 Å². The van der Waals surface area contributed by atoms with Crippen LogP contribution in [-0.4, -0.2) is 0 Å². The first-order valence-electron chi connectivity index (χ1n) is 5.98. The van der Waals surface area contributed by atoms with Crippen LogP contribution in [0.2, 0.25) is 0 Å². The summed E-state index contributed by atoms with van der Waals surface area (Å²) in [5.74, 6) is 0.